The van der Waals surface area contributed by atoms with Gasteiger partial charge in [-0.25, -0.2) is 0 Å². The minimum absolute atomic E-state index is 0.0754. The van der Waals surface area contributed by atoms with Crippen LogP contribution < -0.4 is 5.73 Å². The Bertz CT molecular complexity index is 260. The standard InChI is InChI=1S/C11H20N2O2/c1-8(2)6-11(3,7-12)13-9(14)4-5-10(13)15/h8H,4-7,12H2,1-3H3. The van der Waals surface area contributed by atoms with Crippen LogP contribution in [-0.2, 0) is 9.59 Å². The predicted octanol–water partition coefficient (Wildman–Crippen LogP) is 0.899. The Morgan fingerprint density at radius 1 is 1.33 bits per heavy atom. The Balaban J connectivity index is 2.89. The van der Waals surface area contributed by atoms with Crippen molar-refractivity contribution in [2.24, 2.45) is 11.7 Å². The fourth-order valence-corrected chi connectivity index (χ4v) is 2.32. The van der Waals surface area contributed by atoms with Gasteiger partial charge >= 0.3 is 0 Å². The molecule has 15 heavy (non-hydrogen) atoms. The zero-order valence-corrected chi connectivity index (χ0v) is 9.75. The second kappa shape index (κ2) is 4.31. The lowest BCUT2D eigenvalue weighted by Crippen LogP contribution is -2.54. The minimum Gasteiger partial charge on any atom is -0.328 e. The molecule has 1 aliphatic heterocycles. The van der Waals surface area contributed by atoms with Crippen molar-refractivity contribution < 1.29 is 9.59 Å². The van der Waals surface area contributed by atoms with Gasteiger partial charge in [0, 0.05) is 19.4 Å². The molecule has 0 bridgehead atoms. The smallest absolute Gasteiger partial charge is 0.230 e. The van der Waals surface area contributed by atoms with Crippen LogP contribution in [0.25, 0.3) is 0 Å². The second-order valence-electron chi connectivity index (χ2n) is 4.92. The van der Waals surface area contributed by atoms with Gasteiger partial charge in [0.15, 0.2) is 0 Å². The molecule has 1 heterocycles. The lowest BCUT2D eigenvalue weighted by atomic mass is 9.89. The maximum absolute atomic E-state index is 11.6. The Hall–Kier alpha value is -0.900. The summed E-state index contributed by atoms with van der Waals surface area (Å²) in [5.74, 6) is 0.266. The van der Waals surface area contributed by atoms with E-state index in [-0.39, 0.29) is 11.8 Å². The highest BCUT2D eigenvalue weighted by atomic mass is 16.2. The predicted molar refractivity (Wildman–Crippen MR) is 58.0 cm³/mol. The highest BCUT2D eigenvalue weighted by molar-refractivity contribution is 6.02. The Morgan fingerprint density at radius 3 is 2.13 bits per heavy atom. The van der Waals surface area contributed by atoms with E-state index >= 15 is 0 Å². The average Bonchev–Trinajstić information content (AvgIpc) is 2.45. The summed E-state index contributed by atoms with van der Waals surface area (Å²) in [5, 5.41) is 0. The van der Waals surface area contributed by atoms with E-state index in [0.717, 1.165) is 6.42 Å². The van der Waals surface area contributed by atoms with Gasteiger partial charge in [-0.2, -0.15) is 0 Å². The maximum atomic E-state index is 11.6. The highest BCUT2D eigenvalue weighted by Gasteiger charge is 2.42. The summed E-state index contributed by atoms with van der Waals surface area (Å²) < 4.78 is 0. The number of nitrogens with zero attached hydrogens (tertiary/aromatic N) is 1. The molecule has 4 nitrogen and oxygen atoms in total. The molecule has 1 aliphatic rings. The van der Waals surface area contributed by atoms with Crippen molar-refractivity contribution in [3.05, 3.63) is 0 Å². The number of hydrogen-bond acceptors (Lipinski definition) is 3. The van der Waals surface area contributed by atoms with Gasteiger partial charge in [0.1, 0.15) is 0 Å². The SMILES string of the molecule is CC(C)CC(C)(CN)N1C(=O)CCC1=O. The lowest BCUT2D eigenvalue weighted by molar-refractivity contribution is -0.145. The van der Waals surface area contributed by atoms with Gasteiger partial charge in [-0.15, -0.1) is 0 Å². The van der Waals surface area contributed by atoms with Crippen molar-refractivity contribution in [1.29, 1.82) is 0 Å². The van der Waals surface area contributed by atoms with E-state index in [0.29, 0.717) is 25.3 Å². The average molecular weight is 212 g/mol. The normalized spacial score (nSPS) is 21.3. The van der Waals surface area contributed by atoms with Gasteiger partial charge in [-0.05, 0) is 19.3 Å². The van der Waals surface area contributed by atoms with E-state index in [4.69, 9.17) is 5.73 Å². The van der Waals surface area contributed by atoms with E-state index in [9.17, 15) is 9.59 Å². The van der Waals surface area contributed by atoms with Crippen LogP contribution in [0.5, 0.6) is 0 Å². The molecule has 0 spiro atoms. The third-order valence-corrected chi connectivity index (χ3v) is 2.88. The molecule has 4 heteroatoms. The molecule has 1 rings (SSSR count). The van der Waals surface area contributed by atoms with Crippen LogP contribution in [0.2, 0.25) is 0 Å². The van der Waals surface area contributed by atoms with Crippen LogP contribution in [0.4, 0.5) is 0 Å². The summed E-state index contributed by atoms with van der Waals surface area (Å²) in [7, 11) is 0. The molecule has 0 aromatic carbocycles. The van der Waals surface area contributed by atoms with Gasteiger partial charge in [-0.3, -0.25) is 14.5 Å². The highest BCUT2D eigenvalue weighted by Crippen LogP contribution is 2.28. The number of nitrogens with two attached hydrogens (primary N) is 1. The first-order valence-electron chi connectivity index (χ1n) is 5.46. The molecule has 0 saturated carbocycles. The van der Waals surface area contributed by atoms with E-state index in [1.165, 1.54) is 4.90 Å². The fourth-order valence-electron chi connectivity index (χ4n) is 2.32. The molecule has 86 valence electrons. The van der Waals surface area contributed by atoms with Gasteiger partial charge in [-0.1, -0.05) is 13.8 Å². The Labute approximate surface area is 90.8 Å². The molecular weight excluding hydrogens is 192 g/mol. The van der Waals surface area contributed by atoms with Crippen molar-refractivity contribution in [1.82, 2.24) is 4.90 Å². The number of likely N-dealkylation sites (tertiary alicyclic amines) is 1. The third-order valence-electron chi connectivity index (χ3n) is 2.88. The first-order chi connectivity index (χ1) is 6.90. The van der Waals surface area contributed by atoms with Gasteiger partial charge < -0.3 is 5.73 Å². The quantitative estimate of drug-likeness (QED) is 0.704. The third kappa shape index (κ3) is 2.37. The van der Waals surface area contributed by atoms with E-state index in [1.54, 1.807) is 0 Å². The number of imide groups is 1. The topological polar surface area (TPSA) is 63.4 Å². The van der Waals surface area contributed by atoms with Crippen LogP contribution in [0.1, 0.15) is 40.0 Å². The van der Waals surface area contributed by atoms with Crippen molar-refractivity contribution in [2.75, 3.05) is 6.54 Å². The number of amides is 2. The van der Waals surface area contributed by atoms with Crippen LogP contribution >= 0.6 is 0 Å². The molecule has 1 atom stereocenters. The molecule has 1 saturated heterocycles. The molecule has 1 fully saturated rings. The van der Waals surface area contributed by atoms with Gasteiger partial charge in [0.25, 0.3) is 0 Å². The second-order valence-corrected chi connectivity index (χ2v) is 4.92. The van der Waals surface area contributed by atoms with Crippen LogP contribution in [0.3, 0.4) is 0 Å². The molecular formula is C11H20N2O2. The number of carbonyl (C=O) groups excluding carboxylic acids is 2. The van der Waals surface area contributed by atoms with Crippen molar-refractivity contribution in [2.45, 2.75) is 45.6 Å². The van der Waals surface area contributed by atoms with Crippen molar-refractivity contribution in [3.63, 3.8) is 0 Å². The van der Waals surface area contributed by atoms with Crippen LogP contribution in [0, 0.1) is 5.92 Å². The number of hydrogen-bond donors (Lipinski definition) is 1. The maximum Gasteiger partial charge on any atom is 0.230 e. The van der Waals surface area contributed by atoms with E-state index in [2.05, 4.69) is 13.8 Å². The molecule has 0 aromatic rings. The molecule has 0 aromatic heterocycles. The van der Waals surface area contributed by atoms with E-state index < -0.39 is 5.54 Å². The molecule has 2 amide bonds. The van der Waals surface area contributed by atoms with Crippen LogP contribution in [-0.4, -0.2) is 28.8 Å². The summed E-state index contributed by atoms with van der Waals surface area (Å²) in [4.78, 5) is 24.6. The number of rotatable bonds is 4. The Kier molecular flexibility index (Phi) is 3.50. The molecule has 2 N–H and O–H groups in total. The minimum atomic E-state index is -0.501. The van der Waals surface area contributed by atoms with Crippen molar-refractivity contribution >= 4 is 11.8 Å². The molecule has 1 unspecified atom stereocenters. The summed E-state index contributed by atoms with van der Waals surface area (Å²) >= 11 is 0. The molecule has 0 radical (unpaired) electrons. The zero-order chi connectivity index (χ0) is 11.6. The summed E-state index contributed by atoms with van der Waals surface area (Å²) in [5.41, 5.74) is 5.21. The van der Waals surface area contributed by atoms with Crippen molar-refractivity contribution in [3.8, 4) is 0 Å². The van der Waals surface area contributed by atoms with Gasteiger partial charge in [0.05, 0.1) is 5.54 Å². The summed E-state index contributed by atoms with van der Waals surface area (Å²) in [6.07, 6.45) is 1.44. The lowest BCUT2D eigenvalue weighted by Gasteiger charge is -2.37. The first-order valence-corrected chi connectivity index (χ1v) is 5.46. The van der Waals surface area contributed by atoms with Crippen LogP contribution in [0.15, 0.2) is 0 Å². The zero-order valence-electron chi connectivity index (χ0n) is 9.75. The fraction of sp³-hybridized carbons (Fsp3) is 0.818. The van der Waals surface area contributed by atoms with Gasteiger partial charge in [0.2, 0.25) is 11.8 Å². The summed E-state index contributed by atoms with van der Waals surface area (Å²) in [6, 6.07) is 0. The monoisotopic (exact) mass is 212 g/mol. The summed E-state index contributed by atoms with van der Waals surface area (Å²) in [6.45, 7) is 6.37. The first kappa shape index (κ1) is 12.2. The molecule has 0 aliphatic carbocycles. The largest absolute Gasteiger partial charge is 0.328 e. The van der Waals surface area contributed by atoms with E-state index in [1.807, 2.05) is 6.92 Å². The Morgan fingerprint density at radius 2 is 1.80 bits per heavy atom. The number of carbonyl (C=O) groups is 2.